The van der Waals surface area contributed by atoms with Gasteiger partial charge in [0, 0.05) is 42.6 Å². The normalized spacial score (nSPS) is 17.9. The second kappa shape index (κ2) is 9.03. The summed E-state index contributed by atoms with van der Waals surface area (Å²) in [6.07, 6.45) is 2.58. The van der Waals surface area contributed by atoms with Gasteiger partial charge in [-0.25, -0.2) is 0 Å². The zero-order valence-corrected chi connectivity index (χ0v) is 19.7. The van der Waals surface area contributed by atoms with Crippen LogP contribution in [0.4, 0.5) is 0 Å². The smallest absolute Gasteiger partial charge is 0.258 e. The molecule has 1 saturated heterocycles. The number of rotatable bonds is 7. The molecule has 0 amide bonds. The summed E-state index contributed by atoms with van der Waals surface area (Å²) < 4.78 is 11.3. The van der Waals surface area contributed by atoms with E-state index >= 15 is 0 Å². The van der Waals surface area contributed by atoms with Gasteiger partial charge in [-0.05, 0) is 56.0 Å². The Hall–Kier alpha value is -3.50. The van der Waals surface area contributed by atoms with Crippen LogP contribution in [0.15, 0.2) is 40.9 Å². The first-order valence-electron chi connectivity index (χ1n) is 11.9. The number of aromatic nitrogens is 2. The Balaban J connectivity index is 1.38. The number of ether oxygens (including phenoxy) is 1. The molecular formula is C27H28N4O3. The fourth-order valence-corrected chi connectivity index (χ4v) is 5.04. The first kappa shape index (κ1) is 22.3. The van der Waals surface area contributed by atoms with Gasteiger partial charge in [-0.15, -0.1) is 0 Å². The van der Waals surface area contributed by atoms with E-state index < -0.39 is 0 Å². The quantitative estimate of drug-likeness (QED) is 0.496. The SMILES string of the molecule is CCC(=O)C1CN([C@H]2CCc3c(-c4noc(-c5ccc(OC(C)C)c(C#N)c5)n4)cccc32)C1. The molecule has 0 saturated carbocycles. The van der Waals surface area contributed by atoms with Gasteiger partial charge in [-0.2, -0.15) is 10.2 Å². The zero-order chi connectivity index (χ0) is 23.8. The number of carbonyl (C=O) groups excluding carboxylic acids is 1. The summed E-state index contributed by atoms with van der Waals surface area (Å²) in [5.74, 6) is 2.02. The van der Waals surface area contributed by atoms with Gasteiger partial charge in [0.05, 0.1) is 11.7 Å². The van der Waals surface area contributed by atoms with E-state index in [1.807, 2.05) is 39.0 Å². The molecule has 0 N–H and O–H groups in total. The highest BCUT2D eigenvalue weighted by molar-refractivity contribution is 5.82. The van der Waals surface area contributed by atoms with Crippen LogP contribution in [-0.2, 0) is 11.2 Å². The number of likely N-dealkylation sites (tertiary alicyclic amines) is 1. The third kappa shape index (κ3) is 3.99. The minimum atomic E-state index is -0.0220. The van der Waals surface area contributed by atoms with Crippen molar-refractivity contribution in [2.24, 2.45) is 5.92 Å². The molecule has 1 aliphatic heterocycles. The highest BCUT2D eigenvalue weighted by atomic mass is 16.5. The van der Waals surface area contributed by atoms with Crippen LogP contribution in [0.25, 0.3) is 22.8 Å². The van der Waals surface area contributed by atoms with E-state index in [1.165, 1.54) is 11.1 Å². The lowest BCUT2D eigenvalue weighted by atomic mass is 9.90. The minimum Gasteiger partial charge on any atom is -0.490 e. The minimum absolute atomic E-state index is 0.0220. The van der Waals surface area contributed by atoms with Crippen molar-refractivity contribution >= 4 is 5.78 Å². The van der Waals surface area contributed by atoms with E-state index in [0.717, 1.165) is 31.5 Å². The maximum absolute atomic E-state index is 12.0. The first-order valence-corrected chi connectivity index (χ1v) is 11.9. The maximum atomic E-state index is 12.0. The predicted octanol–water partition coefficient (Wildman–Crippen LogP) is 4.96. The van der Waals surface area contributed by atoms with E-state index in [1.54, 1.807) is 12.1 Å². The number of fused-ring (bicyclic) bond motifs is 1. The summed E-state index contributed by atoms with van der Waals surface area (Å²) in [4.78, 5) is 19.1. The van der Waals surface area contributed by atoms with Crippen LogP contribution in [0.1, 0.15) is 56.3 Å². The van der Waals surface area contributed by atoms with Crippen LogP contribution < -0.4 is 4.74 Å². The number of carbonyl (C=O) groups is 1. The van der Waals surface area contributed by atoms with Crippen molar-refractivity contribution < 1.29 is 14.1 Å². The Morgan fingerprint density at radius 2 is 2.12 bits per heavy atom. The van der Waals surface area contributed by atoms with Gasteiger partial charge in [0.1, 0.15) is 17.6 Å². The number of nitriles is 1. The topological polar surface area (TPSA) is 92.3 Å². The monoisotopic (exact) mass is 456 g/mol. The summed E-state index contributed by atoms with van der Waals surface area (Å²) in [5, 5.41) is 13.8. The molecule has 1 aromatic heterocycles. The van der Waals surface area contributed by atoms with E-state index in [4.69, 9.17) is 9.26 Å². The Bertz CT molecular complexity index is 1270. The number of ketones is 1. The molecule has 5 rings (SSSR count). The fraction of sp³-hybridized carbons (Fsp3) is 0.407. The molecular weight excluding hydrogens is 428 g/mol. The average Bonchev–Trinajstić information content (AvgIpc) is 3.46. The van der Waals surface area contributed by atoms with Crippen molar-refractivity contribution in [3.63, 3.8) is 0 Å². The van der Waals surface area contributed by atoms with Gasteiger partial charge < -0.3 is 9.26 Å². The van der Waals surface area contributed by atoms with E-state index in [9.17, 15) is 10.1 Å². The molecule has 0 spiro atoms. The molecule has 1 atom stereocenters. The van der Waals surface area contributed by atoms with Gasteiger partial charge >= 0.3 is 0 Å². The van der Waals surface area contributed by atoms with Gasteiger partial charge in [0.25, 0.3) is 5.89 Å². The van der Waals surface area contributed by atoms with E-state index in [-0.39, 0.29) is 12.0 Å². The largest absolute Gasteiger partial charge is 0.490 e. The molecule has 3 aromatic rings. The molecule has 7 nitrogen and oxygen atoms in total. The number of hydrogen-bond acceptors (Lipinski definition) is 7. The number of Topliss-reactive ketones (excluding diaryl/α,β-unsaturated/α-hetero) is 1. The van der Waals surface area contributed by atoms with Crippen LogP contribution >= 0.6 is 0 Å². The fourth-order valence-electron chi connectivity index (χ4n) is 5.04. The molecule has 1 fully saturated rings. The van der Waals surface area contributed by atoms with Gasteiger partial charge in [0.15, 0.2) is 0 Å². The van der Waals surface area contributed by atoms with Gasteiger partial charge in [0.2, 0.25) is 5.82 Å². The number of benzene rings is 2. The maximum Gasteiger partial charge on any atom is 0.258 e. The molecule has 174 valence electrons. The van der Waals surface area contributed by atoms with Gasteiger partial charge in [-0.1, -0.05) is 30.3 Å². The van der Waals surface area contributed by atoms with E-state index in [2.05, 4.69) is 27.2 Å². The second-order valence-electron chi connectivity index (χ2n) is 9.31. The summed E-state index contributed by atoms with van der Waals surface area (Å²) in [6.45, 7) is 7.49. The molecule has 2 aliphatic rings. The van der Waals surface area contributed by atoms with Crippen molar-refractivity contribution in [3.05, 3.63) is 53.1 Å². The summed E-state index contributed by atoms with van der Waals surface area (Å²) >= 11 is 0. The lowest BCUT2D eigenvalue weighted by Gasteiger charge is -2.42. The molecule has 0 radical (unpaired) electrons. The van der Waals surface area contributed by atoms with Crippen LogP contribution in [0.3, 0.4) is 0 Å². The zero-order valence-electron chi connectivity index (χ0n) is 19.7. The predicted molar refractivity (Wildman–Crippen MR) is 127 cm³/mol. The van der Waals surface area contributed by atoms with Crippen molar-refractivity contribution in [2.75, 3.05) is 13.1 Å². The summed E-state index contributed by atoms with van der Waals surface area (Å²) in [6, 6.07) is 14.1. The molecule has 1 aliphatic carbocycles. The van der Waals surface area contributed by atoms with Gasteiger partial charge in [-0.3, -0.25) is 9.69 Å². The molecule has 0 unspecified atom stereocenters. The molecule has 2 heterocycles. The summed E-state index contributed by atoms with van der Waals surface area (Å²) in [5.41, 5.74) is 4.65. The second-order valence-corrected chi connectivity index (χ2v) is 9.31. The Morgan fingerprint density at radius 1 is 1.29 bits per heavy atom. The van der Waals surface area contributed by atoms with Crippen LogP contribution in [0.5, 0.6) is 5.75 Å². The highest BCUT2D eigenvalue weighted by Crippen LogP contribution is 2.43. The summed E-state index contributed by atoms with van der Waals surface area (Å²) in [7, 11) is 0. The number of hydrogen-bond donors (Lipinski definition) is 0. The standard InChI is InChI=1S/C27H28N4O3/c1-4-24(32)19-14-31(15-19)23-10-9-20-21(23)6-5-7-22(20)26-29-27(34-30-26)17-8-11-25(33-16(2)3)18(12-17)13-28/h5-8,11-12,16,19,23H,4,9-10,14-15H2,1-3H3/t23-/m0/s1. The third-order valence-corrected chi connectivity index (χ3v) is 6.77. The molecule has 7 heteroatoms. The van der Waals surface area contributed by atoms with Crippen LogP contribution in [-0.4, -0.2) is 40.0 Å². The Labute approximate surface area is 199 Å². The molecule has 2 aromatic carbocycles. The number of nitrogens with zero attached hydrogens (tertiary/aromatic N) is 4. The average molecular weight is 457 g/mol. The molecule has 34 heavy (non-hydrogen) atoms. The van der Waals surface area contributed by atoms with E-state index in [0.29, 0.717) is 46.8 Å². The Morgan fingerprint density at radius 3 is 2.85 bits per heavy atom. The lowest BCUT2D eigenvalue weighted by Crippen LogP contribution is -2.51. The van der Waals surface area contributed by atoms with Crippen molar-refractivity contribution in [2.45, 2.75) is 52.2 Å². The molecule has 0 bridgehead atoms. The van der Waals surface area contributed by atoms with Crippen molar-refractivity contribution in [1.82, 2.24) is 15.0 Å². The first-order chi connectivity index (χ1) is 16.5. The Kier molecular flexibility index (Phi) is 5.93. The van der Waals surface area contributed by atoms with Crippen molar-refractivity contribution in [1.29, 1.82) is 5.26 Å². The van der Waals surface area contributed by atoms with Crippen LogP contribution in [0, 0.1) is 17.2 Å². The van der Waals surface area contributed by atoms with Crippen molar-refractivity contribution in [3.8, 4) is 34.7 Å². The van der Waals surface area contributed by atoms with Crippen LogP contribution in [0.2, 0.25) is 0 Å². The lowest BCUT2D eigenvalue weighted by molar-refractivity contribution is -0.128. The third-order valence-electron chi connectivity index (χ3n) is 6.77. The highest BCUT2D eigenvalue weighted by Gasteiger charge is 2.39.